The summed E-state index contributed by atoms with van der Waals surface area (Å²) in [6.07, 6.45) is 3.24. The molecule has 2 heterocycles. The van der Waals surface area contributed by atoms with Crippen LogP contribution in [0, 0.1) is 0 Å². The average Bonchev–Trinajstić information content (AvgIpc) is 3.31. The fourth-order valence-electron chi connectivity index (χ4n) is 5.77. The highest BCUT2D eigenvalue weighted by atomic mass is 16.6. The summed E-state index contributed by atoms with van der Waals surface area (Å²) in [7, 11) is 6.07. The van der Waals surface area contributed by atoms with E-state index in [0.29, 0.717) is 84.7 Å². The minimum atomic E-state index is -0.467. The molecule has 2 aliphatic heterocycles. The number of carbonyl (C=O) groups is 2. The first-order valence-electron chi connectivity index (χ1n) is 16.0. The SMILES string of the molecule is CCOc1cc(C(=O)OC2CCCOc3cc(cc(OC)c3OC)C(=O)OCCCN3CCCN(CC2)CC3)cc(OC)c1OC. The second-order valence-electron chi connectivity index (χ2n) is 11.2. The summed E-state index contributed by atoms with van der Waals surface area (Å²) in [4.78, 5) is 31.3. The van der Waals surface area contributed by atoms with Crippen molar-refractivity contribution in [2.75, 3.05) is 87.5 Å². The van der Waals surface area contributed by atoms with Crippen molar-refractivity contribution in [2.45, 2.75) is 45.1 Å². The molecule has 0 aromatic heterocycles. The van der Waals surface area contributed by atoms with Gasteiger partial charge in [0.15, 0.2) is 23.0 Å². The maximum Gasteiger partial charge on any atom is 0.338 e. The van der Waals surface area contributed by atoms with Crippen molar-refractivity contribution in [3.05, 3.63) is 35.4 Å². The Labute approximate surface area is 271 Å². The van der Waals surface area contributed by atoms with Gasteiger partial charge in [0.25, 0.3) is 0 Å². The summed E-state index contributed by atoms with van der Waals surface area (Å²) in [5, 5.41) is 0. The van der Waals surface area contributed by atoms with Crippen molar-refractivity contribution in [1.29, 1.82) is 0 Å². The van der Waals surface area contributed by atoms with Gasteiger partial charge >= 0.3 is 11.9 Å². The summed E-state index contributed by atoms with van der Waals surface area (Å²) >= 11 is 0. The lowest BCUT2D eigenvalue weighted by molar-refractivity contribution is 0.0220. The fourth-order valence-corrected chi connectivity index (χ4v) is 5.77. The van der Waals surface area contributed by atoms with Crippen LogP contribution in [0.2, 0.25) is 0 Å². The Morgan fingerprint density at radius 1 is 0.739 bits per heavy atom. The van der Waals surface area contributed by atoms with Gasteiger partial charge in [-0.15, -0.1) is 0 Å². The van der Waals surface area contributed by atoms with Crippen molar-refractivity contribution >= 4 is 11.9 Å². The monoisotopic (exact) mass is 644 g/mol. The average molecular weight is 645 g/mol. The summed E-state index contributed by atoms with van der Waals surface area (Å²) in [5.41, 5.74) is 0.642. The molecule has 3 atom stereocenters. The quantitative estimate of drug-likeness (QED) is 0.378. The van der Waals surface area contributed by atoms with Gasteiger partial charge in [-0.2, -0.15) is 0 Å². The number of cyclic esters (lactones) is 1. The molecule has 2 aliphatic rings. The number of methoxy groups -OCH3 is 4. The highest BCUT2D eigenvalue weighted by molar-refractivity contribution is 5.92. The van der Waals surface area contributed by atoms with Crippen LogP contribution in [0.5, 0.6) is 34.5 Å². The maximum absolute atomic E-state index is 13.5. The third-order valence-electron chi connectivity index (χ3n) is 8.16. The lowest BCUT2D eigenvalue weighted by atomic mass is 10.1. The second-order valence-corrected chi connectivity index (χ2v) is 11.2. The van der Waals surface area contributed by atoms with E-state index >= 15 is 0 Å². The molecule has 0 radical (unpaired) electrons. The van der Waals surface area contributed by atoms with E-state index in [-0.39, 0.29) is 6.10 Å². The molecule has 0 spiro atoms. The highest BCUT2D eigenvalue weighted by Crippen LogP contribution is 2.40. The van der Waals surface area contributed by atoms with Crippen LogP contribution in [-0.2, 0) is 9.47 Å². The molecule has 12 heteroatoms. The first-order valence-corrected chi connectivity index (χ1v) is 16.0. The number of hydrogen-bond donors (Lipinski definition) is 0. The van der Waals surface area contributed by atoms with Crippen molar-refractivity contribution in [3.8, 4) is 34.5 Å². The molecule has 46 heavy (non-hydrogen) atoms. The minimum Gasteiger partial charge on any atom is -0.493 e. The summed E-state index contributed by atoms with van der Waals surface area (Å²) < 4.78 is 45.5. The number of esters is 2. The zero-order chi connectivity index (χ0) is 32.9. The molecular weight excluding hydrogens is 596 g/mol. The molecule has 4 rings (SSSR count). The number of fused-ring (bicyclic) bond motifs is 5. The first kappa shape index (κ1) is 35.0. The first-order chi connectivity index (χ1) is 22.4. The largest absolute Gasteiger partial charge is 0.493 e. The van der Waals surface area contributed by atoms with Crippen molar-refractivity contribution < 1.29 is 47.5 Å². The molecule has 12 nitrogen and oxygen atoms in total. The van der Waals surface area contributed by atoms with Gasteiger partial charge in [0.05, 0.1) is 59.4 Å². The molecule has 3 unspecified atom stereocenters. The van der Waals surface area contributed by atoms with Gasteiger partial charge in [-0.1, -0.05) is 0 Å². The molecule has 2 aromatic rings. The zero-order valence-electron chi connectivity index (χ0n) is 27.8. The van der Waals surface area contributed by atoms with Crippen molar-refractivity contribution in [3.63, 3.8) is 0 Å². The van der Waals surface area contributed by atoms with E-state index in [1.54, 1.807) is 24.3 Å². The Morgan fingerprint density at radius 3 is 2.09 bits per heavy atom. The Bertz CT molecular complexity index is 1300. The third-order valence-corrected chi connectivity index (χ3v) is 8.16. The molecule has 1 fully saturated rings. The van der Waals surface area contributed by atoms with Crippen LogP contribution in [0.25, 0.3) is 0 Å². The van der Waals surface area contributed by atoms with E-state index in [1.807, 2.05) is 6.92 Å². The van der Waals surface area contributed by atoms with Gasteiger partial charge in [0.2, 0.25) is 11.5 Å². The van der Waals surface area contributed by atoms with E-state index in [1.165, 1.54) is 28.4 Å². The molecule has 254 valence electrons. The zero-order valence-corrected chi connectivity index (χ0v) is 27.8. The van der Waals surface area contributed by atoms with Crippen LogP contribution < -0.4 is 28.4 Å². The molecule has 1 saturated heterocycles. The number of ether oxygens (including phenoxy) is 8. The number of rotatable bonds is 8. The summed E-state index contributed by atoms with van der Waals surface area (Å²) in [5.74, 6) is 1.45. The normalized spacial score (nSPS) is 21.2. The van der Waals surface area contributed by atoms with E-state index in [2.05, 4.69) is 9.80 Å². The minimum absolute atomic E-state index is 0.301. The van der Waals surface area contributed by atoms with Crippen LogP contribution in [0.15, 0.2) is 24.3 Å². The Hall–Kier alpha value is -3.90. The topological polar surface area (TPSA) is 114 Å². The smallest absolute Gasteiger partial charge is 0.338 e. The molecule has 0 aliphatic carbocycles. The van der Waals surface area contributed by atoms with Crippen LogP contribution in [-0.4, -0.2) is 115 Å². The number of carbonyl (C=O) groups excluding carboxylic acids is 2. The lowest BCUT2D eigenvalue weighted by Crippen LogP contribution is -2.34. The van der Waals surface area contributed by atoms with E-state index in [4.69, 9.17) is 37.9 Å². The van der Waals surface area contributed by atoms with Crippen LogP contribution in [0.4, 0.5) is 0 Å². The molecule has 0 N–H and O–H groups in total. The van der Waals surface area contributed by atoms with Gasteiger partial charge < -0.3 is 47.7 Å². The molecule has 0 saturated carbocycles. The standard InChI is InChI=1S/C34H48N2O10/c1-6-43-29-23-25(21-28(40-3)31(29)41-4)34(38)46-26-10-7-18-44-30-22-24(20-27(39-2)32(30)42-5)33(37)45-19-9-14-35-12-8-13-36(15-11-26)17-16-35/h20-23,26H,6-19H2,1-5H3. The van der Waals surface area contributed by atoms with Gasteiger partial charge in [-0.25, -0.2) is 9.59 Å². The van der Waals surface area contributed by atoms with Gasteiger partial charge in [-0.3, -0.25) is 0 Å². The van der Waals surface area contributed by atoms with Crippen LogP contribution >= 0.6 is 0 Å². The lowest BCUT2D eigenvalue weighted by Gasteiger charge is -2.25. The van der Waals surface area contributed by atoms with Gasteiger partial charge in [0.1, 0.15) is 6.10 Å². The number of benzene rings is 2. The number of hydrogen-bond acceptors (Lipinski definition) is 12. The van der Waals surface area contributed by atoms with Gasteiger partial charge in [-0.05, 0) is 76.4 Å². The summed E-state index contributed by atoms with van der Waals surface area (Å²) in [6.45, 7) is 8.33. The molecular formula is C34H48N2O10. The molecule has 4 bridgehead atoms. The van der Waals surface area contributed by atoms with Crippen molar-refractivity contribution in [2.24, 2.45) is 0 Å². The van der Waals surface area contributed by atoms with Crippen LogP contribution in [0.1, 0.15) is 59.7 Å². The fraction of sp³-hybridized carbons (Fsp3) is 0.588. The third kappa shape index (κ3) is 9.32. The Balaban J connectivity index is 1.55. The van der Waals surface area contributed by atoms with Gasteiger partial charge in [0, 0.05) is 26.2 Å². The van der Waals surface area contributed by atoms with E-state index < -0.39 is 11.9 Å². The Kier molecular flexibility index (Phi) is 13.5. The second kappa shape index (κ2) is 17.7. The summed E-state index contributed by atoms with van der Waals surface area (Å²) in [6, 6.07) is 6.45. The predicted octanol–water partition coefficient (Wildman–Crippen LogP) is 4.46. The predicted molar refractivity (Wildman–Crippen MR) is 171 cm³/mol. The molecule has 2 aromatic carbocycles. The van der Waals surface area contributed by atoms with E-state index in [9.17, 15) is 9.59 Å². The Morgan fingerprint density at radius 2 is 1.39 bits per heavy atom. The highest BCUT2D eigenvalue weighted by Gasteiger charge is 2.24. The van der Waals surface area contributed by atoms with Crippen molar-refractivity contribution in [1.82, 2.24) is 9.80 Å². The molecule has 0 amide bonds. The van der Waals surface area contributed by atoms with E-state index in [0.717, 1.165) is 52.1 Å². The van der Waals surface area contributed by atoms with Crippen LogP contribution in [0.3, 0.4) is 0 Å². The maximum atomic E-state index is 13.5. The number of nitrogens with zero attached hydrogens (tertiary/aromatic N) is 2.